The van der Waals surface area contributed by atoms with Crippen LogP contribution in [-0.4, -0.2) is 23.5 Å². The number of para-hydroxylation sites is 5. The molecule has 0 radical (unpaired) electrons. The molecular weight excluding hydrogens is 647 g/mol. The molecule has 12 rings (SSSR count). The van der Waals surface area contributed by atoms with Crippen LogP contribution in [0.5, 0.6) is 0 Å². The van der Waals surface area contributed by atoms with E-state index in [0.717, 1.165) is 61.2 Å². The van der Waals surface area contributed by atoms with Gasteiger partial charge in [-0.15, -0.1) is 0 Å². The highest BCUT2D eigenvalue weighted by Crippen LogP contribution is 2.42. The van der Waals surface area contributed by atoms with E-state index in [0.29, 0.717) is 0 Å². The molecule has 53 heavy (non-hydrogen) atoms. The van der Waals surface area contributed by atoms with Gasteiger partial charge in [-0.3, -0.25) is 8.97 Å². The maximum atomic E-state index is 5.14. The highest BCUT2D eigenvalue weighted by Gasteiger charge is 2.21. The summed E-state index contributed by atoms with van der Waals surface area (Å²) >= 11 is 0. The molecule has 7 aromatic carbocycles. The summed E-state index contributed by atoms with van der Waals surface area (Å²) in [5.74, 6) is 0.882. The molecule has 5 aromatic heterocycles. The molecule has 5 nitrogen and oxygen atoms in total. The summed E-state index contributed by atoms with van der Waals surface area (Å²) in [6.45, 7) is 0. The Hall–Kier alpha value is -7.24. The van der Waals surface area contributed by atoms with Gasteiger partial charge in [0.1, 0.15) is 11.5 Å². The Morgan fingerprint density at radius 3 is 1.85 bits per heavy atom. The first-order chi connectivity index (χ1) is 26.3. The summed E-state index contributed by atoms with van der Waals surface area (Å²) in [6.07, 6.45) is 1.95. The molecule has 246 valence electrons. The molecule has 0 atom stereocenters. The van der Waals surface area contributed by atoms with Gasteiger partial charge in [-0.1, -0.05) is 103 Å². The molecule has 5 heteroatoms. The number of imidazole rings is 1. The highest BCUT2D eigenvalue weighted by atomic mass is 15.1. The molecule has 0 fully saturated rings. The van der Waals surface area contributed by atoms with Crippen molar-refractivity contribution in [1.29, 1.82) is 0 Å². The van der Waals surface area contributed by atoms with Gasteiger partial charge in [0.25, 0.3) is 0 Å². The first-order valence-corrected chi connectivity index (χ1v) is 18.0. The van der Waals surface area contributed by atoms with Crippen LogP contribution in [0.25, 0.3) is 105 Å². The van der Waals surface area contributed by atoms with Crippen molar-refractivity contribution < 1.29 is 0 Å². The monoisotopic (exact) mass is 675 g/mol. The van der Waals surface area contributed by atoms with Crippen molar-refractivity contribution in [2.75, 3.05) is 0 Å². The average Bonchev–Trinajstić information content (AvgIpc) is 3.89. The van der Waals surface area contributed by atoms with Crippen molar-refractivity contribution in [1.82, 2.24) is 23.5 Å². The Kier molecular flexibility index (Phi) is 5.71. The zero-order valence-corrected chi connectivity index (χ0v) is 28.5. The van der Waals surface area contributed by atoms with Gasteiger partial charge < -0.3 is 4.57 Å². The van der Waals surface area contributed by atoms with Crippen molar-refractivity contribution in [2.24, 2.45) is 0 Å². The topological polar surface area (TPSA) is 40.0 Å². The fourth-order valence-electron chi connectivity index (χ4n) is 8.81. The molecule has 5 heterocycles. The third-order valence-electron chi connectivity index (χ3n) is 11.0. The van der Waals surface area contributed by atoms with E-state index >= 15 is 0 Å². The van der Waals surface area contributed by atoms with Crippen molar-refractivity contribution >= 4 is 82.0 Å². The van der Waals surface area contributed by atoms with Crippen LogP contribution in [-0.2, 0) is 0 Å². The molecule has 0 bridgehead atoms. The number of hydrogen-bond acceptors (Lipinski definition) is 2. The van der Waals surface area contributed by atoms with E-state index in [4.69, 9.17) is 9.97 Å². The van der Waals surface area contributed by atoms with Crippen LogP contribution in [0.4, 0.5) is 0 Å². The largest absolute Gasteiger partial charge is 0.309 e. The normalized spacial score (nSPS) is 12.2. The van der Waals surface area contributed by atoms with Crippen LogP contribution >= 0.6 is 0 Å². The van der Waals surface area contributed by atoms with Crippen LogP contribution in [0.1, 0.15) is 0 Å². The number of aromatic nitrogens is 5. The average molecular weight is 676 g/mol. The van der Waals surface area contributed by atoms with Gasteiger partial charge in [0, 0.05) is 44.2 Å². The van der Waals surface area contributed by atoms with Crippen molar-refractivity contribution in [3.8, 4) is 22.6 Å². The lowest BCUT2D eigenvalue weighted by Gasteiger charge is -2.14. The molecule has 12 aromatic rings. The van der Waals surface area contributed by atoms with Crippen molar-refractivity contribution in [2.45, 2.75) is 0 Å². The van der Waals surface area contributed by atoms with Gasteiger partial charge in [0.05, 0.1) is 38.6 Å². The van der Waals surface area contributed by atoms with Gasteiger partial charge in [0.2, 0.25) is 0 Å². The van der Waals surface area contributed by atoms with Gasteiger partial charge >= 0.3 is 0 Å². The number of hydrogen-bond donors (Lipinski definition) is 0. The van der Waals surface area contributed by atoms with E-state index in [1.54, 1.807) is 0 Å². The van der Waals surface area contributed by atoms with E-state index in [1.165, 1.54) is 43.4 Å². The molecule has 0 aliphatic carbocycles. The summed E-state index contributed by atoms with van der Waals surface area (Å²) < 4.78 is 7.06. The Labute approximate surface area is 303 Å². The molecule has 0 aliphatic heterocycles. The van der Waals surface area contributed by atoms with Gasteiger partial charge in [-0.25, -0.2) is 9.97 Å². The number of fused-ring (bicyclic) bond motifs is 15. The second kappa shape index (κ2) is 10.6. The Balaban J connectivity index is 1.15. The molecule has 0 spiro atoms. The first kappa shape index (κ1) is 28.5. The zero-order chi connectivity index (χ0) is 34.6. The zero-order valence-electron chi connectivity index (χ0n) is 28.5. The van der Waals surface area contributed by atoms with Crippen LogP contribution in [0, 0.1) is 0 Å². The van der Waals surface area contributed by atoms with E-state index in [9.17, 15) is 0 Å². The fourth-order valence-corrected chi connectivity index (χ4v) is 8.81. The van der Waals surface area contributed by atoms with Crippen molar-refractivity contribution in [3.05, 3.63) is 176 Å². The van der Waals surface area contributed by atoms with E-state index in [-0.39, 0.29) is 0 Å². The molecule has 0 amide bonds. The van der Waals surface area contributed by atoms with Crippen LogP contribution in [0.15, 0.2) is 176 Å². The summed E-state index contributed by atoms with van der Waals surface area (Å²) in [4.78, 5) is 10.2. The summed E-state index contributed by atoms with van der Waals surface area (Å²) in [5.41, 5.74) is 12.3. The Bertz CT molecular complexity index is 3460. The highest BCUT2D eigenvalue weighted by molar-refractivity contribution is 6.27. The summed E-state index contributed by atoms with van der Waals surface area (Å²) in [5, 5.41) is 8.36. The van der Waals surface area contributed by atoms with E-state index < -0.39 is 0 Å². The minimum absolute atomic E-state index is 0.882. The maximum Gasteiger partial charge on any atom is 0.146 e. The number of rotatable bonds is 3. The smallest absolute Gasteiger partial charge is 0.146 e. The van der Waals surface area contributed by atoms with Crippen LogP contribution < -0.4 is 0 Å². The van der Waals surface area contributed by atoms with Crippen LogP contribution in [0.2, 0.25) is 0 Å². The van der Waals surface area contributed by atoms with Crippen molar-refractivity contribution in [3.63, 3.8) is 0 Å². The molecular formula is C48H29N5. The fraction of sp³-hybridized carbons (Fsp3) is 0. The number of benzene rings is 7. The molecule has 0 saturated heterocycles. The quantitative estimate of drug-likeness (QED) is 0.175. The second-order valence-corrected chi connectivity index (χ2v) is 13.8. The predicted molar refractivity (Wildman–Crippen MR) is 220 cm³/mol. The maximum absolute atomic E-state index is 5.14. The van der Waals surface area contributed by atoms with Gasteiger partial charge in [-0.2, -0.15) is 0 Å². The summed E-state index contributed by atoms with van der Waals surface area (Å²) in [6, 6.07) is 60.9. The lowest BCUT2D eigenvalue weighted by Crippen LogP contribution is -2.00. The molecule has 0 N–H and O–H groups in total. The van der Waals surface area contributed by atoms with Crippen LogP contribution in [0.3, 0.4) is 0 Å². The molecule has 0 aliphatic rings. The number of nitrogens with zero attached hydrogens (tertiary/aromatic N) is 5. The lowest BCUT2D eigenvalue weighted by molar-refractivity contribution is 1.08. The lowest BCUT2D eigenvalue weighted by atomic mass is 10.0. The standard InChI is InChI=1S/C48H29N5/c1-2-12-32(13-3-1)51-40-19-9-7-15-34(40)38-28-30(22-24-42(38)51)31-26-27-49-45(29-31)53-41-20-10-6-14-33(41)36-23-25-44-46(47(36)53)35-16-4-5-17-37(35)48-50-39-18-8-11-21-43(39)52(44)48/h1-29H. The third kappa shape index (κ3) is 3.91. The SMILES string of the molecule is c1ccc(-n2c3ccccc3c3cc(-c4ccnc(-n5c6ccccc6c6ccc7c(c8ccccc8c8nc9ccccc9n78)c65)c4)ccc32)cc1. The minimum atomic E-state index is 0.882. The Morgan fingerprint density at radius 1 is 0.396 bits per heavy atom. The van der Waals surface area contributed by atoms with E-state index in [2.05, 4.69) is 183 Å². The van der Waals surface area contributed by atoms with Gasteiger partial charge in [0.15, 0.2) is 0 Å². The van der Waals surface area contributed by atoms with Gasteiger partial charge in [-0.05, 0) is 83.2 Å². The van der Waals surface area contributed by atoms with E-state index in [1.807, 2.05) is 6.20 Å². The predicted octanol–water partition coefficient (Wildman–Crippen LogP) is 12.1. The molecule has 0 saturated carbocycles. The third-order valence-corrected chi connectivity index (χ3v) is 11.0. The minimum Gasteiger partial charge on any atom is -0.309 e. The molecule has 0 unspecified atom stereocenters. The summed E-state index contributed by atoms with van der Waals surface area (Å²) in [7, 11) is 0. The number of pyridine rings is 2. The Morgan fingerprint density at radius 2 is 1.02 bits per heavy atom. The first-order valence-electron chi connectivity index (χ1n) is 18.0. The second-order valence-electron chi connectivity index (χ2n) is 13.8.